The van der Waals surface area contributed by atoms with Crippen LogP contribution in [0, 0.1) is 19.7 Å². The second-order valence-corrected chi connectivity index (χ2v) is 3.23. The second-order valence-electron chi connectivity index (χ2n) is 3.23. The lowest BCUT2D eigenvalue weighted by Crippen LogP contribution is -1.99. The Balaban J connectivity index is 2.49. The fraction of sp³-hybridized carbons (Fsp3) is 0.200. The zero-order chi connectivity index (χ0) is 10.8. The average Bonchev–Trinajstić information content (AvgIpc) is 2.20. The number of aryl methyl sites for hydroxylation is 2. The monoisotopic (exact) mass is 204 g/mol. The number of rotatable bonds is 1. The third-order valence-electron chi connectivity index (χ3n) is 2.01. The Morgan fingerprint density at radius 2 is 1.67 bits per heavy atom. The number of hydrogen-bond donors (Lipinski definition) is 0. The van der Waals surface area contributed by atoms with Gasteiger partial charge in [0.05, 0.1) is 0 Å². The van der Waals surface area contributed by atoms with E-state index in [4.69, 9.17) is 0 Å². The van der Waals surface area contributed by atoms with E-state index in [1.165, 1.54) is 12.1 Å². The van der Waals surface area contributed by atoms with E-state index < -0.39 is 0 Å². The van der Waals surface area contributed by atoms with Crippen molar-refractivity contribution in [1.29, 1.82) is 0 Å². The summed E-state index contributed by atoms with van der Waals surface area (Å²) in [5, 5.41) is 15.4. The van der Waals surface area contributed by atoms with Crippen molar-refractivity contribution >= 4 is 0 Å². The van der Waals surface area contributed by atoms with Gasteiger partial charge < -0.3 is 0 Å². The number of hydrogen-bond acceptors (Lipinski definition) is 4. The minimum absolute atomic E-state index is 0.274. The van der Waals surface area contributed by atoms with Gasteiger partial charge in [-0.05, 0) is 37.6 Å². The lowest BCUT2D eigenvalue weighted by Gasteiger charge is -2.02. The number of benzene rings is 1. The normalized spacial score (nSPS) is 10.3. The van der Waals surface area contributed by atoms with Crippen molar-refractivity contribution in [2.45, 2.75) is 13.8 Å². The fourth-order valence-electron chi connectivity index (χ4n) is 1.27. The van der Waals surface area contributed by atoms with Crippen LogP contribution in [0.25, 0.3) is 11.4 Å². The summed E-state index contributed by atoms with van der Waals surface area (Å²) in [6.07, 6.45) is 0. The molecule has 0 spiro atoms. The molecule has 0 fully saturated rings. The molecule has 1 aromatic carbocycles. The largest absolute Gasteiger partial charge is 0.207 e. The van der Waals surface area contributed by atoms with Gasteiger partial charge in [0.2, 0.25) is 5.82 Å². The first-order chi connectivity index (χ1) is 7.16. The van der Waals surface area contributed by atoms with E-state index in [1.807, 2.05) is 0 Å². The average molecular weight is 204 g/mol. The third-order valence-corrected chi connectivity index (χ3v) is 2.01. The Morgan fingerprint density at radius 1 is 1.00 bits per heavy atom. The lowest BCUT2D eigenvalue weighted by atomic mass is 10.1. The molecule has 0 aliphatic carbocycles. The SMILES string of the molecule is Cc1nnc(-c2ccc(F)cc2C)nn1. The summed E-state index contributed by atoms with van der Waals surface area (Å²) in [4.78, 5) is 0. The van der Waals surface area contributed by atoms with Crippen molar-refractivity contribution in [3.8, 4) is 11.4 Å². The molecule has 0 aliphatic heterocycles. The Kier molecular flexibility index (Phi) is 2.37. The molecule has 0 aliphatic rings. The van der Waals surface area contributed by atoms with Gasteiger partial charge in [-0.3, -0.25) is 0 Å². The maximum absolute atomic E-state index is 12.9. The molecule has 1 heterocycles. The Morgan fingerprint density at radius 3 is 2.27 bits per heavy atom. The molecule has 4 nitrogen and oxygen atoms in total. The van der Waals surface area contributed by atoms with Crippen LogP contribution in [-0.4, -0.2) is 20.4 Å². The molecule has 0 bridgehead atoms. The van der Waals surface area contributed by atoms with E-state index in [2.05, 4.69) is 20.4 Å². The molecule has 2 rings (SSSR count). The highest BCUT2D eigenvalue weighted by Gasteiger charge is 2.06. The van der Waals surface area contributed by atoms with Gasteiger partial charge in [0.25, 0.3) is 0 Å². The molecule has 0 saturated carbocycles. The van der Waals surface area contributed by atoms with Crippen LogP contribution in [0.5, 0.6) is 0 Å². The van der Waals surface area contributed by atoms with Crippen molar-refractivity contribution in [2.24, 2.45) is 0 Å². The van der Waals surface area contributed by atoms with Gasteiger partial charge in [-0.1, -0.05) is 0 Å². The van der Waals surface area contributed by atoms with Crippen LogP contribution in [0.15, 0.2) is 18.2 Å². The molecule has 0 amide bonds. The Labute approximate surface area is 86.2 Å². The van der Waals surface area contributed by atoms with Gasteiger partial charge in [-0.25, -0.2) is 4.39 Å². The number of halogens is 1. The summed E-state index contributed by atoms with van der Waals surface area (Å²) < 4.78 is 12.9. The molecular weight excluding hydrogens is 195 g/mol. The quantitative estimate of drug-likeness (QED) is 0.709. The van der Waals surface area contributed by atoms with Crippen LogP contribution in [0.2, 0.25) is 0 Å². The van der Waals surface area contributed by atoms with Crippen molar-refractivity contribution in [2.75, 3.05) is 0 Å². The standard InChI is InChI=1S/C10H9FN4/c1-6-5-8(11)3-4-9(6)10-14-12-7(2)13-15-10/h3-5H,1-2H3. The van der Waals surface area contributed by atoms with Gasteiger partial charge >= 0.3 is 0 Å². The summed E-state index contributed by atoms with van der Waals surface area (Å²) >= 11 is 0. The number of nitrogens with zero attached hydrogens (tertiary/aromatic N) is 4. The van der Waals surface area contributed by atoms with Gasteiger partial charge in [-0.2, -0.15) is 0 Å². The first-order valence-electron chi connectivity index (χ1n) is 4.47. The van der Waals surface area contributed by atoms with Crippen LogP contribution in [-0.2, 0) is 0 Å². The van der Waals surface area contributed by atoms with Gasteiger partial charge in [0, 0.05) is 5.56 Å². The van der Waals surface area contributed by atoms with E-state index in [9.17, 15) is 4.39 Å². The third kappa shape index (κ3) is 1.96. The van der Waals surface area contributed by atoms with Gasteiger partial charge in [0.1, 0.15) is 5.82 Å². The van der Waals surface area contributed by atoms with Crippen LogP contribution < -0.4 is 0 Å². The summed E-state index contributed by atoms with van der Waals surface area (Å²) in [6, 6.07) is 4.42. The van der Waals surface area contributed by atoms with Gasteiger partial charge in [0.15, 0.2) is 5.82 Å². The minimum atomic E-state index is -0.274. The van der Waals surface area contributed by atoms with Crippen LogP contribution in [0.4, 0.5) is 4.39 Å². The molecule has 1 aromatic heterocycles. The minimum Gasteiger partial charge on any atom is -0.207 e. The molecule has 0 atom stereocenters. The lowest BCUT2D eigenvalue weighted by molar-refractivity contribution is 0.626. The van der Waals surface area contributed by atoms with E-state index in [-0.39, 0.29) is 5.82 Å². The predicted molar refractivity (Wildman–Crippen MR) is 52.5 cm³/mol. The Bertz CT molecular complexity index is 481. The maximum atomic E-state index is 12.9. The summed E-state index contributed by atoms with van der Waals surface area (Å²) in [5.41, 5.74) is 1.51. The highest BCUT2D eigenvalue weighted by atomic mass is 19.1. The first-order valence-corrected chi connectivity index (χ1v) is 4.47. The molecule has 76 valence electrons. The van der Waals surface area contributed by atoms with Crippen molar-refractivity contribution < 1.29 is 4.39 Å². The van der Waals surface area contributed by atoms with E-state index in [1.54, 1.807) is 19.9 Å². The highest BCUT2D eigenvalue weighted by molar-refractivity contribution is 5.58. The molecule has 2 aromatic rings. The maximum Gasteiger partial charge on any atom is 0.203 e. The molecule has 0 N–H and O–H groups in total. The summed E-state index contributed by atoms with van der Waals surface area (Å²) in [5.74, 6) is 0.654. The van der Waals surface area contributed by atoms with E-state index in [0.29, 0.717) is 11.6 Å². The predicted octanol–water partition coefficient (Wildman–Crippen LogP) is 1.69. The summed E-state index contributed by atoms with van der Waals surface area (Å²) in [6.45, 7) is 3.50. The van der Waals surface area contributed by atoms with Crippen molar-refractivity contribution in [1.82, 2.24) is 20.4 Å². The number of aromatic nitrogens is 4. The Hall–Kier alpha value is -1.91. The van der Waals surface area contributed by atoms with Gasteiger partial charge in [-0.15, -0.1) is 20.4 Å². The molecule has 0 unspecified atom stereocenters. The fourth-order valence-corrected chi connectivity index (χ4v) is 1.27. The second kappa shape index (κ2) is 3.68. The highest BCUT2D eigenvalue weighted by Crippen LogP contribution is 2.18. The zero-order valence-corrected chi connectivity index (χ0v) is 8.40. The molecule has 5 heteroatoms. The topological polar surface area (TPSA) is 51.6 Å². The first kappa shape index (κ1) is 9.64. The smallest absolute Gasteiger partial charge is 0.203 e. The molecule has 0 saturated heterocycles. The zero-order valence-electron chi connectivity index (χ0n) is 8.40. The van der Waals surface area contributed by atoms with Crippen molar-refractivity contribution in [3.05, 3.63) is 35.4 Å². The molecular formula is C10H9FN4. The van der Waals surface area contributed by atoms with Crippen molar-refractivity contribution in [3.63, 3.8) is 0 Å². The molecule has 15 heavy (non-hydrogen) atoms. The van der Waals surface area contributed by atoms with E-state index in [0.717, 1.165) is 11.1 Å². The van der Waals surface area contributed by atoms with Crippen LogP contribution in [0.1, 0.15) is 11.4 Å². The molecule has 0 radical (unpaired) electrons. The summed E-state index contributed by atoms with van der Waals surface area (Å²) in [7, 11) is 0. The van der Waals surface area contributed by atoms with Crippen LogP contribution >= 0.6 is 0 Å². The van der Waals surface area contributed by atoms with E-state index >= 15 is 0 Å². The van der Waals surface area contributed by atoms with Crippen LogP contribution in [0.3, 0.4) is 0 Å².